The molecule has 0 spiro atoms. The first kappa shape index (κ1) is 12.8. The van der Waals surface area contributed by atoms with Gasteiger partial charge in [0, 0.05) is 4.90 Å². The van der Waals surface area contributed by atoms with Crippen LogP contribution in [-0.2, 0) is 4.79 Å². The summed E-state index contributed by atoms with van der Waals surface area (Å²) >= 11 is 0.897. The zero-order chi connectivity index (χ0) is 14.3. The van der Waals surface area contributed by atoms with Crippen LogP contribution < -0.4 is 5.32 Å². The molecule has 3 nitrogen and oxygen atoms in total. The zero-order valence-electron chi connectivity index (χ0n) is 9.94. The highest BCUT2D eigenvalue weighted by Gasteiger charge is 2.29. The van der Waals surface area contributed by atoms with Crippen molar-refractivity contribution in [1.29, 1.82) is 0 Å². The number of anilines is 1. The maximum atomic E-state index is 13.9. The fraction of sp³-hybridized carbons (Fsp3) is 0. The molecule has 1 aliphatic heterocycles. The van der Waals surface area contributed by atoms with E-state index in [1.165, 1.54) is 24.3 Å². The molecule has 6 heteroatoms. The van der Waals surface area contributed by atoms with Crippen molar-refractivity contribution < 1.29 is 18.4 Å². The Morgan fingerprint density at radius 3 is 2.45 bits per heavy atom. The van der Waals surface area contributed by atoms with E-state index >= 15 is 0 Å². The number of hydrogen-bond donors (Lipinski definition) is 1. The molecule has 0 atom stereocenters. The fourth-order valence-corrected chi connectivity index (χ4v) is 2.75. The average Bonchev–Trinajstić information content (AvgIpc) is 2.69. The molecule has 3 rings (SSSR count). The van der Waals surface area contributed by atoms with Gasteiger partial charge in [-0.1, -0.05) is 23.9 Å². The Balaban J connectivity index is 2.01. The van der Waals surface area contributed by atoms with Crippen molar-refractivity contribution >= 4 is 29.1 Å². The monoisotopic (exact) mass is 291 g/mol. The first-order valence-corrected chi connectivity index (χ1v) is 6.49. The molecule has 0 bridgehead atoms. The van der Waals surface area contributed by atoms with Crippen LogP contribution in [0.4, 0.5) is 14.5 Å². The summed E-state index contributed by atoms with van der Waals surface area (Å²) < 4.78 is 27.5. The average molecular weight is 291 g/mol. The van der Waals surface area contributed by atoms with Crippen molar-refractivity contribution in [2.75, 3.05) is 5.32 Å². The second-order valence-electron chi connectivity index (χ2n) is 4.14. The third kappa shape index (κ3) is 2.08. The van der Waals surface area contributed by atoms with E-state index in [0.717, 1.165) is 17.8 Å². The molecule has 0 saturated heterocycles. The number of halogens is 2. The van der Waals surface area contributed by atoms with Gasteiger partial charge in [-0.3, -0.25) is 9.59 Å². The van der Waals surface area contributed by atoms with Crippen LogP contribution >= 0.6 is 11.8 Å². The van der Waals surface area contributed by atoms with Gasteiger partial charge in [0.25, 0.3) is 11.7 Å². The molecule has 1 heterocycles. The molecular weight excluding hydrogens is 284 g/mol. The van der Waals surface area contributed by atoms with Crippen LogP contribution in [0.3, 0.4) is 0 Å². The summed E-state index contributed by atoms with van der Waals surface area (Å²) in [5.74, 6) is -2.67. The number of carbonyl (C=O) groups is 2. The smallest absolute Gasteiger partial charge is 0.296 e. The molecule has 100 valence electrons. The second-order valence-corrected chi connectivity index (χ2v) is 5.23. The lowest BCUT2D eigenvalue weighted by molar-refractivity contribution is -0.112. The van der Waals surface area contributed by atoms with Gasteiger partial charge in [-0.2, -0.15) is 0 Å². The lowest BCUT2D eigenvalue weighted by Gasteiger charge is -2.06. The molecule has 2 aromatic carbocycles. The molecule has 2 aromatic rings. The van der Waals surface area contributed by atoms with Gasteiger partial charge in [0.2, 0.25) is 0 Å². The molecule has 0 saturated carbocycles. The van der Waals surface area contributed by atoms with Gasteiger partial charge in [-0.25, -0.2) is 8.78 Å². The molecule has 0 fully saturated rings. The number of benzene rings is 2. The van der Waals surface area contributed by atoms with Crippen LogP contribution in [-0.4, -0.2) is 11.7 Å². The number of hydrogen-bond acceptors (Lipinski definition) is 3. The predicted molar refractivity (Wildman–Crippen MR) is 69.9 cm³/mol. The van der Waals surface area contributed by atoms with Crippen LogP contribution in [0, 0.1) is 11.6 Å². The number of nitrogens with one attached hydrogen (secondary N) is 1. The van der Waals surface area contributed by atoms with E-state index in [1.54, 1.807) is 6.07 Å². The van der Waals surface area contributed by atoms with Crippen LogP contribution in [0.15, 0.2) is 46.2 Å². The van der Waals surface area contributed by atoms with Crippen molar-refractivity contribution in [2.24, 2.45) is 0 Å². The lowest BCUT2D eigenvalue weighted by atomic mass is 10.1. The number of amides is 1. The minimum atomic E-state index is -0.785. The van der Waals surface area contributed by atoms with Gasteiger partial charge >= 0.3 is 0 Å². The summed E-state index contributed by atoms with van der Waals surface area (Å²) in [5, 5.41) is 2.35. The highest BCUT2D eigenvalue weighted by molar-refractivity contribution is 7.99. The highest BCUT2D eigenvalue weighted by atomic mass is 32.2. The van der Waals surface area contributed by atoms with Crippen LogP contribution in [0.1, 0.15) is 10.4 Å². The molecule has 20 heavy (non-hydrogen) atoms. The Labute approximate surface area is 117 Å². The number of Topliss-reactive ketones (excluding diaryl/α,β-unsaturated/α-hetero) is 1. The Morgan fingerprint density at radius 1 is 0.950 bits per heavy atom. The Bertz CT molecular complexity index is 746. The van der Waals surface area contributed by atoms with Crippen molar-refractivity contribution in [3.8, 4) is 0 Å². The van der Waals surface area contributed by atoms with Crippen molar-refractivity contribution in [3.05, 3.63) is 53.6 Å². The molecule has 0 aromatic heterocycles. The van der Waals surface area contributed by atoms with Gasteiger partial charge < -0.3 is 5.32 Å². The molecule has 0 unspecified atom stereocenters. The third-order valence-electron chi connectivity index (χ3n) is 2.83. The van der Waals surface area contributed by atoms with Crippen molar-refractivity contribution in [1.82, 2.24) is 0 Å². The van der Waals surface area contributed by atoms with Crippen LogP contribution in [0.25, 0.3) is 0 Å². The molecule has 1 aliphatic rings. The summed E-state index contributed by atoms with van der Waals surface area (Å²) in [6.07, 6.45) is 0. The van der Waals surface area contributed by atoms with Gasteiger partial charge in [-0.05, 0) is 24.3 Å². The zero-order valence-corrected chi connectivity index (χ0v) is 10.8. The largest absolute Gasteiger partial charge is 0.318 e. The summed E-state index contributed by atoms with van der Waals surface area (Å²) in [5.41, 5.74) is 0.255. The van der Waals surface area contributed by atoms with E-state index in [0.29, 0.717) is 0 Å². The van der Waals surface area contributed by atoms with Gasteiger partial charge in [0.05, 0.1) is 16.1 Å². The summed E-state index contributed by atoms with van der Waals surface area (Å²) in [4.78, 5) is 23.1. The lowest BCUT2D eigenvalue weighted by Crippen LogP contribution is -2.12. The third-order valence-corrected chi connectivity index (χ3v) is 3.91. The van der Waals surface area contributed by atoms with Crippen molar-refractivity contribution in [3.63, 3.8) is 0 Å². The van der Waals surface area contributed by atoms with E-state index in [9.17, 15) is 18.4 Å². The van der Waals surface area contributed by atoms with Crippen LogP contribution in [0.5, 0.6) is 0 Å². The summed E-state index contributed by atoms with van der Waals surface area (Å²) in [7, 11) is 0. The maximum absolute atomic E-state index is 13.9. The molecule has 0 radical (unpaired) electrons. The minimum absolute atomic E-state index is 0.00498. The first-order valence-electron chi connectivity index (χ1n) is 5.68. The second kappa shape index (κ2) is 4.72. The van der Waals surface area contributed by atoms with E-state index in [-0.39, 0.29) is 21.0 Å². The van der Waals surface area contributed by atoms with Gasteiger partial charge in [0.15, 0.2) is 0 Å². The fourth-order valence-electron chi connectivity index (χ4n) is 1.87. The number of carbonyl (C=O) groups excluding carboxylic acids is 2. The SMILES string of the molecule is O=C1Nc2cc(Sc3ccccc3F)c(F)cc2C1=O. The van der Waals surface area contributed by atoms with E-state index in [1.807, 2.05) is 0 Å². The number of rotatable bonds is 2. The van der Waals surface area contributed by atoms with E-state index < -0.39 is 23.3 Å². The van der Waals surface area contributed by atoms with Gasteiger partial charge in [-0.15, -0.1) is 0 Å². The van der Waals surface area contributed by atoms with Gasteiger partial charge in [0.1, 0.15) is 11.6 Å². The molecule has 0 aliphatic carbocycles. The van der Waals surface area contributed by atoms with Crippen molar-refractivity contribution in [2.45, 2.75) is 9.79 Å². The number of fused-ring (bicyclic) bond motifs is 1. The Morgan fingerprint density at radius 2 is 1.70 bits per heavy atom. The Hall–Kier alpha value is -2.21. The van der Waals surface area contributed by atoms with E-state index in [4.69, 9.17) is 0 Å². The highest BCUT2D eigenvalue weighted by Crippen LogP contribution is 2.36. The normalized spacial score (nSPS) is 13.3. The first-order chi connectivity index (χ1) is 9.56. The Kier molecular flexibility index (Phi) is 3.02. The van der Waals surface area contributed by atoms with E-state index in [2.05, 4.69) is 5.32 Å². The molecular formula is C14H7F2NO2S. The molecule has 1 amide bonds. The summed E-state index contributed by atoms with van der Waals surface area (Å²) in [6, 6.07) is 8.32. The number of ketones is 1. The molecule has 1 N–H and O–H groups in total. The topological polar surface area (TPSA) is 46.2 Å². The standard InChI is InChI=1S/C14H7F2NO2S/c15-8-3-1-2-4-11(8)20-12-6-10-7(5-9(12)16)13(18)14(19)17-10/h1-6H,(H,17,18,19). The minimum Gasteiger partial charge on any atom is -0.318 e. The predicted octanol–water partition coefficient (Wildman–Crippen LogP) is 3.25. The quantitative estimate of drug-likeness (QED) is 0.864. The summed E-state index contributed by atoms with van der Waals surface area (Å²) in [6.45, 7) is 0. The maximum Gasteiger partial charge on any atom is 0.296 e. The van der Waals surface area contributed by atoms with Crippen LogP contribution in [0.2, 0.25) is 0 Å².